The summed E-state index contributed by atoms with van der Waals surface area (Å²) < 4.78 is 28.0. The van der Waals surface area contributed by atoms with Crippen molar-refractivity contribution in [3.8, 4) is 0 Å². The zero-order valence-electron chi connectivity index (χ0n) is 11.8. The van der Waals surface area contributed by atoms with Crippen LogP contribution in [0.2, 0.25) is 0 Å². The maximum Gasteiger partial charge on any atom is 0.304 e. The van der Waals surface area contributed by atoms with Crippen LogP contribution in [0.15, 0.2) is 36.5 Å². The van der Waals surface area contributed by atoms with Crippen LogP contribution in [-0.2, 0) is 34.4 Å². The van der Waals surface area contributed by atoms with Gasteiger partial charge in [-0.15, -0.1) is 0 Å². The van der Waals surface area contributed by atoms with Crippen molar-refractivity contribution in [2.75, 3.05) is 6.54 Å². The molecule has 1 amide bonds. The van der Waals surface area contributed by atoms with E-state index in [0.717, 1.165) is 11.1 Å². The molecule has 116 valence electrons. The zero-order chi connectivity index (χ0) is 15.6. The molecule has 0 atom stereocenters. The quantitative estimate of drug-likeness (QED) is 0.851. The van der Waals surface area contributed by atoms with Crippen molar-refractivity contribution in [1.29, 1.82) is 0 Å². The third-order valence-electron chi connectivity index (χ3n) is 3.59. The van der Waals surface area contributed by atoms with Gasteiger partial charge in [-0.3, -0.25) is 9.89 Å². The summed E-state index contributed by atoms with van der Waals surface area (Å²) in [4.78, 5) is 11.8. The van der Waals surface area contributed by atoms with E-state index < -0.39 is 16.1 Å². The van der Waals surface area contributed by atoms with Crippen LogP contribution in [-0.4, -0.2) is 35.4 Å². The normalized spacial score (nSPS) is 15.3. The lowest BCUT2D eigenvalue weighted by Crippen LogP contribution is -2.46. The topological polar surface area (TPSA) is 95.2 Å². The van der Waals surface area contributed by atoms with Crippen molar-refractivity contribution < 1.29 is 13.2 Å². The van der Waals surface area contributed by atoms with Crippen molar-refractivity contribution in [3.63, 3.8) is 0 Å². The first-order valence-corrected chi connectivity index (χ1v) is 8.34. The molecule has 0 fully saturated rings. The molecule has 0 aliphatic carbocycles. The number of carbonyl (C=O) groups excluding carboxylic acids is 1. The second-order valence-corrected chi connectivity index (χ2v) is 6.81. The summed E-state index contributed by atoms with van der Waals surface area (Å²) in [5.74, 6) is -0.580. The molecule has 0 unspecified atom stereocenters. The van der Waals surface area contributed by atoms with Gasteiger partial charge in [-0.05, 0) is 23.6 Å². The standard InChI is InChI=1S/C14H16N4O3S/c19-14(9-13-5-7-15-16-13)17-22(20,21)18-8-6-11-3-1-2-4-12(11)10-18/h1-5,7H,6,8-10H2,(H,15,16)(H,17,19). The number of nitrogens with zero attached hydrogens (tertiary/aromatic N) is 2. The Kier molecular flexibility index (Phi) is 3.95. The van der Waals surface area contributed by atoms with Gasteiger partial charge in [0.1, 0.15) is 0 Å². The van der Waals surface area contributed by atoms with Crippen molar-refractivity contribution in [3.05, 3.63) is 53.3 Å². The van der Waals surface area contributed by atoms with Crippen LogP contribution in [0.3, 0.4) is 0 Å². The number of benzene rings is 1. The third kappa shape index (κ3) is 3.18. The van der Waals surface area contributed by atoms with Gasteiger partial charge in [0.2, 0.25) is 5.91 Å². The summed E-state index contributed by atoms with van der Waals surface area (Å²) in [6.07, 6.45) is 2.11. The summed E-state index contributed by atoms with van der Waals surface area (Å²) in [6, 6.07) is 9.35. The molecule has 1 aliphatic heterocycles. The molecule has 0 saturated carbocycles. The third-order valence-corrected chi connectivity index (χ3v) is 5.06. The van der Waals surface area contributed by atoms with Gasteiger partial charge >= 0.3 is 10.2 Å². The molecule has 0 spiro atoms. The molecule has 0 saturated heterocycles. The molecule has 3 rings (SSSR count). The molecule has 22 heavy (non-hydrogen) atoms. The van der Waals surface area contributed by atoms with E-state index in [4.69, 9.17) is 0 Å². The van der Waals surface area contributed by atoms with Crippen LogP contribution in [0.25, 0.3) is 0 Å². The van der Waals surface area contributed by atoms with E-state index in [9.17, 15) is 13.2 Å². The van der Waals surface area contributed by atoms with Crippen molar-refractivity contribution in [2.24, 2.45) is 0 Å². The molecule has 1 aliphatic rings. The Morgan fingerprint density at radius 1 is 1.27 bits per heavy atom. The molecular weight excluding hydrogens is 304 g/mol. The van der Waals surface area contributed by atoms with Gasteiger partial charge in [0, 0.05) is 25.0 Å². The predicted octanol–water partition coefficient (Wildman–Crippen LogP) is 0.372. The average Bonchev–Trinajstić information content (AvgIpc) is 2.99. The summed E-state index contributed by atoms with van der Waals surface area (Å²) in [5, 5.41) is 6.35. The van der Waals surface area contributed by atoms with Crippen molar-refractivity contribution in [2.45, 2.75) is 19.4 Å². The molecule has 0 bridgehead atoms. The van der Waals surface area contributed by atoms with Crippen molar-refractivity contribution >= 4 is 16.1 Å². The first-order valence-electron chi connectivity index (χ1n) is 6.90. The maximum absolute atomic E-state index is 12.3. The fraction of sp³-hybridized carbons (Fsp3) is 0.286. The van der Waals surface area contributed by atoms with Gasteiger partial charge in [-0.25, -0.2) is 4.72 Å². The lowest BCUT2D eigenvalue weighted by Gasteiger charge is -2.27. The highest BCUT2D eigenvalue weighted by Gasteiger charge is 2.27. The predicted molar refractivity (Wildman–Crippen MR) is 79.9 cm³/mol. The van der Waals surface area contributed by atoms with E-state index in [0.29, 0.717) is 18.7 Å². The molecule has 1 aromatic carbocycles. The number of aromatic amines is 1. The van der Waals surface area contributed by atoms with Gasteiger partial charge in [0.05, 0.1) is 6.42 Å². The maximum atomic E-state index is 12.3. The molecule has 2 N–H and O–H groups in total. The summed E-state index contributed by atoms with van der Waals surface area (Å²) >= 11 is 0. The number of fused-ring (bicyclic) bond motifs is 1. The monoisotopic (exact) mass is 320 g/mol. The summed E-state index contributed by atoms with van der Waals surface area (Å²) in [6.45, 7) is 0.645. The molecular formula is C14H16N4O3S. The number of H-pyrrole nitrogens is 1. The Morgan fingerprint density at radius 2 is 2.05 bits per heavy atom. The van der Waals surface area contributed by atoms with Crippen LogP contribution in [0.4, 0.5) is 0 Å². The van der Waals surface area contributed by atoms with Gasteiger partial charge in [0.15, 0.2) is 0 Å². The fourth-order valence-electron chi connectivity index (χ4n) is 2.48. The SMILES string of the molecule is O=C(Cc1ccn[nH]1)NS(=O)(=O)N1CCc2ccccc2C1. The van der Waals surface area contributed by atoms with E-state index in [1.807, 2.05) is 24.3 Å². The Morgan fingerprint density at radius 3 is 2.77 bits per heavy atom. The lowest BCUT2D eigenvalue weighted by molar-refractivity contribution is -0.118. The van der Waals surface area contributed by atoms with Crippen LogP contribution in [0, 0.1) is 0 Å². The lowest BCUT2D eigenvalue weighted by atomic mass is 10.0. The second-order valence-electron chi connectivity index (χ2n) is 5.14. The minimum absolute atomic E-state index is 0.0519. The highest BCUT2D eigenvalue weighted by molar-refractivity contribution is 7.87. The highest BCUT2D eigenvalue weighted by atomic mass is 32.2. The second kappa shape index (κ2) is 5.90. The van der Waals surface area contributed by atoms with E-state index in [1.165, 1.54) is 10.5 Å². The Balaban J connectivity index is 1.67. The molecule has 1 aromatic heterocycles. The first kappa shape index (κ1) is 14.7. The Hall–Kier alpha value is -2.19. The van der Waals surface area contributed by atoms with Gasteiger partial charge in [-0.1, -0.05) is 24.3 Å². The van der Waals surface area contributed by atoms with E-state index in [1.54, 1.807) is 6.07 Å². The number of hydrogen-bond donors (Lipinski definition) is 2. The molecule has 2 aromatic rings. The number of carbonyl (C=O) groups is 1. The van der Waals surface area contributed by atoms with Gasteiger partial charge in [0.25, 0.3) is 0 Å². The molecule has 2 heterocycles. The van der Waals surface area contributed by atoms with Crippen LogP contribution >= 0.6 is 0 Å². The number of nitrogens with one attached hydrogen (secondary N) is 2. The minimum Gasteiger partial charge on any atom is -0.282 e. The first-order chi connectivity index (χ1) is 10.5. The van der Waals surface area contributed by atoms with Gasteiger partial charge < -0.3 is 0 Å². The zero-order valence-corrected chi connectivity index (χ0v) is 12.6. The van der Waals surface area contributed by atoms with Gasteiger partial charge in [-0.2, -0.15) is 17.8 Å². The molecule has 0 radical (unpaired) electrons. The number of aromatic nitrogens is 2. The van der Waals surface area contributed by atoms with Crippen LogP contribution in [0.1, 0.15) is 16.8 Å². The highest BCUT2D eigenvalue weighted by Crippen LogP contribution is 2.20. The Bertz CT molecular complexity index is 771. The van der Waals surface area contributed by atoms with Crippen molar-refractivity contribution in [1.82, 2.24) is 19.2 Å². The van der Waals surface area contributed by atoms with E-state index in [2.05, 4.69) is 14.9 Å². The van der Waals surface area contributed by atoms with Crippen LogP contribution < -0.4 is 4.72 Å². The summed E-state index contributed by atoms with van der Waals surface area (Å²) in [7, 11) is -3.83. The average molecular weight is 320 g/mol. The van der Waals surface area contributed by atoms with E-state index >= 15 is 0 Å². The van der Waals surface area contributed by atoms with E-state index in [-0.39, 0.29) is 13.0 Å². The smallest absolute Gasteiger partial charge is 0.282 e. The largest absolute Gasteiger partial charge is 0.304 e. The number of amides is 1. The molecule has 7 nitrogen and oxygen atoms in total. The fourth-order valence-corrected chi connectivity index (χ4v) is 3.61. The number of hydrogen-bond acceptors (Lipinski definition) is 4. The number of rotatable bonds is 4. The van der Waals surface area contributed by atoms with Crippen LogP contribution in [0.5, 0.6) is 0 Å². The Labute approximate surface area is 128 Å². The molecule has 8 heteroatoms. The minimum atomic E-state index is -3.83. The summed E-state index contributed by atoms with van der Waals surface area (Å²) in [5.41, 5.74) is 2.69.